The zero-order valence-electron chi connectivity index (χ0n) is 11.6. The van der Waals surface area contributed by atoms with E-state index >= 15 is 0 Å². The largest absolute Gasteiger partial charge is 0.478 e. The van der Waals surface area contributed by atoms with Crippen LogP contribution in [0.2, 0.25) is 0 Å². The minimum atomic E-state index is -1.37. The molecule has 0 aromatic heterocycles. The molecule has 0 fully saturated rings. The van der Waals surface area contributed by atoms with Crippen LogP contribution in [0.3, 0.4) is 0 Å². The Morgan fingerprint density at radius 3 is 1.95 bits per heavy atom. The molecule has 0 spiro atoms. The van der Waals surface area contributed by atoms with E-state index in [0.717, 1.165) is 12.1 Å². The number of Topliss-reactive ketones (excluding diaryl/α,β-unsaturated/α-hetero) is 2. The maximum absolute atomic E-state index is 11.9. The van der Waals surface area contributed by atoms with Gasteiger partial charge in [0.15, 0.2) is 11.6 Å². The molecule has 0 saturated carbocycles. The van der Waals surface area contributed by atoms with Crippen molar-refractivity contribution >= 4 is 23.5 Å². The Hall–Kier alpha value is -2.76. The first-order valence-electron chi connectivity index (χ1n) is 6.00. The molecule has 1 aromatic rings. The van der Waals surface area contributed by atoms with Gasteiger partial charge < -0.3 is 9.84 Å². The van der Waals surface area contributed by atoms with E-state index in [1.54, 1.807) is 0 Å². The van der Waals surface area contributed by atoms with Crippen molar-refractivity contribution in [1.29, 1.82) is 0 Å². The number of hydrogen-bond donors (Lipinski definition) is 1. The fourth-order valence-corrected chi connectivity index (χ4v) is 1.74. The molecule has 0 bridgehead atoms. The van der Waals surface area contributed by atoms with Gasteiger partial charge in [-0.05, 0) is 26.0 Å². The summed E-state index contributed by atoms with van der Waals surface area (Å²) in [4.78, 5) is 46.2. The monoisotopic (exact) mass is 290 g/mol. The van der Waals surface area contributed by atoms with Gasteiger partial charge in [0, 0.05) is 11.1 Å². The second-order valence-electron chi connectivity index (χ2n) is 4.25. The fraction of sp³-hybridized carbons (Fsp3) is 0.200. The van der Waals surface area contributed by atoms with Crippen molar-refractivity contribution in [3.8, 4) is 0 Å². The number of carboxylic acid groups (broad SMARTS) is 1. The van der Waals surface area contributed by atoms with E-state index in [0.29, 0.717) is 0 Å². The predicted octanol–water partition coefficient (Wildman–Crippen LogP) is 2.13. The minimum Gasteiger partial charge on any atom is -0.478 e. The molecular formula is C15H14O6. The quantitative estimate of drug-likeness (QED) is 0.489. The van der Waals surface area contributed by atoms with E-state index in [2.05, 4.69) is 6.58 Å². The number of ketones is 2. The molecule has 6 nitrogen and oxygen atoms in total. The average molecular weight is 290 g/mol. The van der Waals surface area contributed by atoms with E-state index in [-0.39, 0.29) is 28.9 Å². The van der Waals surface area contributed by atoms with E-state index < -0.39 is 23.5 Å². The van der Waals surface area contributed by atoms with Gasteiger partial charge in [-0.15, -0.1) is 0 Å². The molecule has 1 aromatic carbocycles. The van der Waals surface area contributed by atoms with Gasteiger partial charge in [0.1, 0.15) is 6.61 Å². The van der Waals surface area contributed by atoms with Gasteiger partial charge in [0.25, 0.3) is 0 Å². The van der Waals surface area contributed by atoms with Gasteiger partial charge in [0.05, 0.1) is 11.1 Å². The number of benzene rings is 1. The van der Waals surface area contributed by atoms with Gasteiger partial charge in [-0.25, -0.2) is 9.59 Å². The van der Waals surface area contributed by atoms with Crippen LogP contribution in [0.15, 0.2) is 24.8 Å². The maximum atomic E-state index is 11.9. The fourth-order valence-electron chi connectivity index (χ4n) is 1.74. The van der Waals surface area contributed by atoms with Crippen LogP contribution in [-0.2, 0) is 4.74 Å². The second kappa shape index (κ2) is 6.60. The van der Waals surface area contributed by atoms with Crippen LogP contribution in [0.25, 0.3) is 0 Å². The highest BCUT2D eigenvalue weighted by atomic mass is 16.5. The van der Waals surface area contributed by atoms with Crippen molar-refractivity contribution in [3.63, 3.8) is 0 Å². The highest BCUT2D eigenvalue weighted by Crippen LogP contribution is 2.20. The smallest absolute Gasteiger partial charge is 0.339 e. The van der Waals surface area contributed by atoms with Crippen molar-refractivity contribution in [1.82, 2.24) is 0 Å². The number of esters is 1. The molecule has 1 N–H and O–H groups in total. The summed E-state index contributed by atoms with van der Waals surface area (Å²) in [6.45, 7) is 5.70. The summed E-state index contributed by atoms with van der Waals surface area (Å²) in [5.74, 6) is -3.20. The van der Waals surface area contributed by atoms with Crippen molar-refractivity contribution in [2.45, 2.75) is 13.8 Å². The molecule has 0 aliphatic carbocycles. The first-order valence-corrected chi connectivity index (χ1v) is 6.00. The number of carbonyl (C=O) groups excluding carboxylic acids is 3. The molecule has 0 unspecified atom stereocenters. The average Bonchev–Trinajstić information content (AvgIpc) is 2.42. The van der Waals surface area contributed by atoms with E-state index in [1.807, 2.05) is 0 Å². The molecular weight excluding hydrogens is 276 g/mol. The SMILES string of the molecule is C=CCOC(=O)c1cc(C(=O)O)c(C(C)=O)cc1C(C)=O. The zero-order chi connectivity index (χ0) is 16.2. The molecule has 0 aliphatic heterocycles. The number of hydrogen-bond acceptors (Lipinski definition) is 5. The Balaban J connectivity index is 3.54. The van der Waals surface area contributed by atoms with Crippen molar-refractivity contribution in [2.75, 3.05) is 6.61 Å². The third kappa shape index (κ3) is 3.62. The van der Waals surface area contributed by atoms with Gasteiger partial charge >= 0.3 is 11.9 Å². The Morgan fingerprint density at radius 2 is 1.52 bits per heavy atom. The first kappa shape index (κ1) is 16.3. The standard InChI is InChI=1S/C15H14O6/c1-4-5-21-15(20)13-7-12(14(18)19)10(8(2)16)6-11(13)9(3)17/h4,6-7H,1,5H2,2-3H3,(H,18,19). The van der Waals surface area contributed by atoms with Crippen LogP contribution in [0.4, 0.5) is 0 Å². The number of ether oxygens (including phenoxy) is 1. The van der Waals surface area contributed by atoms with Gasteiger partial charge in [-0.3, -0.25) is 9.59 Å². The molecule has 0 aliphatic rings. The lowest BCUT2D eigenvalue weighted by molar-refractivity contribution is 0.0546. The summed E-state index contributed by atoms with van der Waals surface area (Å²) in [5.41, 5.74) is -0.725. The Morgan fingerprint density at radius 1 is 1.05 bits per heavy atom. The summed E-state index contributed by atoms with van der Waals surface area (Å²) >= 11 is 0. The summed E-state index contributed by atoms with van der Waals surface area (Å²) in [7, 11) is 0. The van der Waals surface area contributed by atoms with Crippen LogP contribution in [0.5, 0.6) is 0 Å². The van der Waals surface area contributed by atoms with Crippen molar-refractivity contribution < 1.29 is 29.0 Å². The van der Waals surface area contributed by atoms with E-state index in [4.69, 9.17) is 9.84 Å². The van der Waals surface area contributed by atoms with E-state index in [1.165, 1.54) is 19.9 Å². The molecule has 0 amide bonds. The molecule has 0 atom stereocenters. The van der Waals surface area contributed by atoms with Gasteiger partial charge in [0.2, 0.25) is 0 Å². The Kier molecular flexibility index (Phi) is 5.12. The topological polar surface area (TPSA) is 97.7 Å². The first-order chi connectivity index (χ1) is 9.79. The molecule has 110 valence electrons. The molecule has 6 heteroatoms. The van der Waals surface area contributed by atoms with E-state index in [9.17, 15) is 19.2 Å². The van der Waals surface area contributed by atoms with Crippen molar-refractivity contribution in [2.24, 2.45) is 0 Å². The van der Waals surface area contributed by atoms with Crippen LogP contribution in [0.1, 0.15) is 55.3 Å². The van der Waals surface area contributed by atoms with Crippen LogP contribution >= 0.6 is 0 Å². The third-order valence-electron chi connectivity index (χ3n) is 2.70. The highest BCUT2D eigenvalue weighted by Gasteiger charge is 2.23. The lowest BCUT2D eigenvalue weighted by atomic mass is 9.94. The summed E-state index contributed by atoms with van der Waals surface area (Å²) in [6, 6.07) is 2.10. The molecule has 0 radical (unpaired) electrons. The summed E-state index contributed by atoms with van der Waals surface area (Å²) < 4.78 is 4.82. The second-order valence-corrected chi connectivity index (χ2v) is 4.25. The normalized spacial score (nSPS) is 9.81. The Labute approximate surface area is 121 Å². The highest BCUT2D eigenvalue weighted by molar-refractivity contribution is 6.12. The Bertz CT molecular complexity index is 642. The number of carboxylic acids is 1. The maximum Gasteiger partial charge on any atom is 0.339 e. The number of carbonyl (C=O) groups is 4. The lowest BCUT2D eigenvalue weighted by Crippen LogP contribution is -2.16. The summed E-state index contributed by atoms with van der Waals surface area (Å²) in [6.07, 6.45) is 1.34. The molecule has 21 heavy (non-hydrogen) atoms. The van der Waals surface area contributed by atoms with Crippen LogP contribution in [0, 0.1) is 0 Å². The molecule has 1 rings (SSSR count). The van der Waals surface area contributed by atoms with Gasteiger partial charge in [-0.2, -0.15) is 0 Å². The summed E-state index contributed by atoms with van der Waals surface area (Å²) in [5, 5.41) is 9.12. The van der Waals surface area contributed by atoms with Crippen molar-refractivity contribution in [3.05, 3.63) is 47.0 Å². The van der Waals surface area contributed by atoms with Crippen LogP contribution in [-0.4, -0.2) is 35.2 Å². The number of aromatic carboxylic acids is 1. The molecule has 0 heterocycles. The minimum absolute atomic E-state index is 0.0562. The predicted molar refractivity (Wildman–Crippen MR) is 73.9 cm³/mol. The molecule has 0 saturated heterocycles. The van der Waals surface area contributed by atoms with Gasteiger partial charge in [-0.1, -0.05) is 12.7 Å². The third-order valence-corrected chi connectivity index (χ3v) is 2.70. The number of rotatable bonds is 6. The van der Waals surface area contributed by atoms with Crippen LogP contribution < -0.4 is 0 Å². The zero-order valence-corrected chi connectivity index (χ0v) is 11.6. The lowest BCUT2D eigenvalue weighted by Gasteiger charge is -2.11.